The van der Waals surface area contributed by atoms with Crippen LogP contribution in [-0.2, 0) is 0 Å². The molecule has 1 aromatic heterocycles. The van der Waals surface area contributed by atoms with Crippen LogP contribution in [0.15, 0.2) is 11.6 Å². The van der Waals surface area contributed by atoms with Crippen molar-refractivity contribution in [3.8, 4) is 0 Å². The summed E-state index contributed by atoms with van der Waals surface area (Å²) in [6.45, 7) is 5.74. The van der Waals surface area contributed by atoms with Gasteiger partial charge in [0.25, 0.3) is 0 Å². The maximum Gasteiger partial charge on any atom is 0.109 e. The third kappa shape index (κ3) is 2.79. The second-order valence-corrected chi connectivity index (χ2v) is 5.92. The van der Waals surface area contributed by atoms with Gasteiger partial charge in [0.2, 0.25) is 0 Å². The molecule has 3 heteroatoms. The average Bonchev–Trinajstić information content (AvgIpc) is 2.85. The highest BCUT2D eigenvalue weighted by molar-refractivity contribution is 7.09. The van der Waals surface area contributed by atoms with Crippen LogP contribution < -0.4 is 5.32 Å². The smallest absolute Gasteiger partial charge is 0.109 e. The molecule has 0 radical (unpaired) electrons. The Balaban J connectivity index is 1.83. The van der Waals surface area contributed by atoms with Crippen LogP contribution in [0, 0.1) is 5.41 Å². The Morgan fingerprint density at radius 3 is 2.87 bits per heavy atom. The fraction of sp³-hybridized carbons (Fsp3) is 0.750. The minimum atomic E-state index is 0.405. The number of thiazole rings is 1. The molecule has 1 aliphatic rings. The van der Waals surface area contributed by atoms with Gasteiger partial charge in [0, 0.05) is 18.1 Å². The lowest BCUT2D eigenvalue weighted by Crippen LogP contribution is -2.31. The van der Waals surface area contributed by atoms with E-state index in [0.717, 1.165) is 6.54 Å². The molecule has 84 valence electrons. The Morgan fingerprint density at radius 1 is 1.53 bits per heavy atom. The van der Waals surface area contributed by atoms with Crippen molar-refractivity contribution in [3.05, 3.63) is 16.6 Å². The van der Waals surface area contributed by atoms with Crippen molar-refractivity contribution in [2.75, 3.05) is 6.54 Å². The maximum atomic E-state index is 4.34. The van der Waals surface area contributed by atoms with E-state index in [1.807, 2.05) is 11.6 Å². The Hall–Kier alpha value is -0.410. The molecule has 0 amide bonds. The SMILES string of the molecule is CC(NCC1(C)CCCC1)c1nccs1. The van der Waals surface area contributed by atoms with Gasteiger partial charge in [-0.25, -0.2) is 4.98 Å². The zero-order valence-electron chi connectivity index (χ0n) is 9.62. The summed E-state index contributed by atoms with van der Waals surface area (Å²) in [7, 11) is 0. The first-order valence-corrected chi connectivity index (χ1v) is 6.70. The van der Waals surface area contributed by atoms with E-state index in [2.05, 4.69) is 24.1 Å². The van der Waals surface area contributed by atoms with Crippen molar-refractivity contribution in [1.29, 1.82) is 0 Å². The minimum Gasteiger partial charge on any atom is -0.308 e. The molecule has 1 heterocycles. The number of hydrogen-bond acceptors (Lipinski definition) is 3. The zero-order valence-corrected chi connectivity index (χ0v) is 10.4. The largest absolute Gasteiger partial charge is 0.308 e. The maximum absolute atomic E-state index is 4.34. The molecule has 0 spiro atoms. The summed E-state index contributed by atoms with van der Waals surface area (Å²) in [5.41, 5.74) is 0.533. The molecule has 0 aliphatic heterocycles. The monoisotopic (exact) mass is 224 g/mol. The van der Waals surface area contributed by atoms with Crippen LogP contribution in [0.2, 0.25) is 0 Å². The van der Waals surface area contributed by atoms with Crippen LogP contribution in [-0.4, -0.2) is 11.5 Å². The summed E-state index contributed by atoms with van der Waals surface area (Å²) in [4.78, 5) is 4.34. The predicted molar refractivity (Wildman–Crippen MR) is 65.1 cm³/mol. The number of rotatable bonds is 4. The molecule has 0 saturated heterocycles. The Kier molecular flexibility index (Phi) is 3.42. The lowest BCUT2D eigenvalue weighted by Gasteiger charge is -2.25. The van der Waals surface area contributed by atoms with Gasteiger partial charge in [-0.2, -0.15) is 0 Å². The van der Waals surface area contributed by atoms with Crippen molar-refractivity contribution in [2.24, 2.45) is 5.41 Å². The molecule has 1 saturated carbocycles. The second-order valence-electron chi connectivity index (χ2n) is 4.99. The molecule has 0 aromatic carbocycles. The van der Waals surface area contributed by atoms with Crippen LogP contribution in [0.3, 0.4) is 0 Å². The van der Waals surface area contributed by atoms with Gasteiger partial charge in [0.1, 0.15) is 5.01 Å². The number of hydrogen-bond donors (Lipinski definition) is 1. The normalized spacial score (nSPS) is 21.7. The highest BCUT2D eigenvalue weighted by Gasteiger charge is 2.28. The highest BCUT2D eigenvalue weighted by atomic mass is 32.1. The molecule has 1 N–H and O–H groups in total. The first-order valence-electron chi connectivity index (χ1n) is 5.82. The van der Waals surface area contributed by atoms with Gasteiger partial charge in [0.05, 0.1) is 6.04 Å². The molecular weight excluding hydrogens is 204 g/mol. The van der Waals surface area contributed by atoms with E-state index in [9.17, 15) is 0 Å². The number of nitrogens with zero attached hydrogens (tertiary/aromatic N) is 1. The molecule has 2 nitrogen and oxygen atoms in total. The van der Waals surface area contributed by atoms with E-state index in [-0.39, 0.29) is 0 Å². The summed E-state index contributed by atoms with van der Waals surface area (Å²) >= 11 is 1.74. The van der Waals surface area contributed by atoms with E-state index in [1.165, 1.54) is 30.7 Å². The van der Waals surface area contributed by atoms with E-state index >= 15 is 0 Å². The van der Waals surface area contributed by atoms with Crippen LogP contribution >= 0.6 is 11.3 Å². The number of aromatic nitrogens is 1. The van der Waals surface area contributed by atoms with Crippen molar-refractivity contribution in [1.82, 2.24) is 10.3 Å². The molecule has 2 rings (SSSR count). The van der Waals surface area contributed by atoms with E-state index < -0.39 is 0 Å². The van der Waals surface area contributed by atoms with Gasteiger partial charge < -0.3 is 5.32 Å². The highest BCUT2D eigenvalue weighted by Crippen LogP contribution is 2.37. The van der Waals surface area contributed by atoms with Crippen LogP contribution in [0.25, 0.3) is 0 Å². The van der Waals surface area contributed by atoms with Crippen molar-refractivity contribution < 1.29 is 0 Å². The molecule has 1 aliphatic carbocycles. The van der Waals surface area contributed by atoms with Gasteiger partial charge in [0.15, 0.2) is 0 Å². The van der Waals surface area contributed by atoms with Crippen LogP contribution in [0.5, 0.6) is 0 Å². The quantitative estimate of drug-likeness (QED) is 0.848. The van der Waals surface area contributed by atoms with Crippen LogP contribution in [0.1, 0.15) is 50.6 Å². The Labute approximate surface area is 96.1 Å². The predicted octanol–water partition coefficient (Wildman–Crippen LogP) is 3.37. The lowest BCUT2D eigenvalue weighted by molar-refractivity contribution is 0.301. The summed E-state index contributed by atoms with van der Waals surface area (Å²) in [6, 6.07) is 0.405. The fourth-order valence-electron chi connectivity index (χ4n) is 2.34. The van der Waals surface area contributed by atoms with Crippen molar-refractivity contribution in [3.63, 3.8) is 0 Å². The van der Waals surface area contributed by atoms with Crippen molar-refractivity contribution in [2.45, 2.75) is 45.6 Å². The first kappa shape index (κ1) is 11.1. The lowest BCUT2D eigenvalue weighted by atomic mass is 9.89. The summed E-state index contributed by atoms with van der Waals surface area (Å²) in [6.07, 6.45) is 7.46. The molecular formula is C12H20N2S. The summed E-state index contributed by atoms with van der Waals surface area (Å²) < 4.78 is 0. The van der Waals surface area contributed by atoms with Crippen molar-refractivity contribution >= 4 is 11.3 Å². The zero-order chi connectivity index (χ0) is 10.7. The Morgan fingerprint density at radius 2 is 2.27 bits per heavy atom. The van der Waals surface area contributed by atoms with Gasteiger partial charge in [-0.1, -0.05) is 19.8 Å². The van der Waals surface area contributed by atoms with E-state index in [4.69, 9.17) is 0 Å². The minimum absolute atomic E-state index is 0.405. The van der Waals surface area contributed by atoms with Crippen LogP contribution in [0.4, 0.5) is 0 Å². The van der Waals surface area contributed by atoms with Gasteiger partial charge in [-0.3, -0.25) is 0 Å². The fourth-order valence-corrected chi connectivity index (χ4v) is 3.01. The van der Waals surface area contributed by atoms with E-state index in [1.54, 1.807) is 11.3 Å². The standard InChI is InChI=1S/C12H20N2S/c1-10(11-13-7-8-15-11)14-9-12(2)5-3-4-6-12/h7-8,10,14H,3-6,9H2,1-2H3. The second kappa shape index (κ2) is 4.62. The summed E-state index contributed by atoms with van der Waals surface area (Å²) in [5.74, 6) is 0. The third-order valence-electron chi connectivity index (χ3n) is 3.47. The third-order valence-corrected chi connectivity index (χ3v) is 4.43. The Bertz CT molecular complexity index is 289. The number of nitrogens with one attached hydrogen (secondary N) is 1. The first-order chi connectivity index (χ1) is 7.20. The van der Waals surface area contributed by atoms with Gasteiger partial charge in [-0.05, 0) is 25.2 Å². The van der Waals surface area contributed by atoms with E-state index in [0.29, 0.717) is 11.5 Å². The molecule has 1 atom stereocenters. The molecule has 0 bridgehead atoms. The molecule has 1 aromatic rings. The van der Waals surface area contributed by atoms with Gasteiger partial charge in [-0.15, -0.1) is 11.3 Å². The molecule has 1 fully saturated rings. The average molecular weight is 224 g/mol. The topological polar surface area (TPSA) is 24.9 Å². The summed E-state index contributed by atoms with van der Waals surface area (Å²) in [5, 5.41) is 6.87. The molecule has 1 unspecified atom stereocenters. The molecule has 15 heavy (non-hydrogen) atoms. The van der Waals surface area contributed by atoms with Gasteiger partial charge >= 0.3 is 0 Å².